The van der Waals surface area contributed by atoms with E-state index in [9.17, 15) is 9.90 Å². The van der Waals surface area contributed by atoms with Gasteiger partial charge in [0.15, 0.2) is 5.82 Å². The first-order valence-electron chi connectivity index (χ1n) is 8.62. The summed E-state index contributed by atoms with van der Waals surface area (Å²) in [5.41, 5.74) is 0.0119. The van der Waals surface area contributed by atoms with Crippen LogP contribution in [0.25, 0.3) is 0 Å². The molecule has 9 heteroatoms. The highest BCUT2D eigenvalue weighted by molar-refractivity contribution is 5.88. The summed E-state index contributed by atoms with van der Waals surface area (Å²) in [4.78, 5) is 14.0. The number of amides is 2. The molecule has 2 aliphatic rings. The van der Waals surface area contributed by atoms with E-state index in [-0.39, 0.29) is 24.0 Å². The molecule has 0 bridgehead atoms. The monoisotopic (exact) mass is 346 g/mol. The number of hydrogen-bond acceptors (Lipinski definition) is 6. The first-order chi connectivity index (χ1) is 12.0. The molecule has 0 aromatic carbocycles. The van der Waals surface area contributed by atoms with Crippen molar-refractivity contribution in [3.05, 3.63) is 24.2 Å². The second kappa shape index (κ2) is 6.14. The highest BCUT2D eigenvalue weighted by atomic mass is 16.5. The zero-order valence-corrected chi connectivity index (χ0v) is 14.1. The number of nitrogens with zero attached hydrogens (tertiary/aromatic N) is 5. The molecule has 2 aromatic heterocycles. The summed E-state index contributed by atoms with van der Waals surface area (Å²) in [5, 5.41) is 24.6. The van der Waals surface area contributed by atoms with Crippen LogP contribution in [0, 0.1) is 0 Å². The van der Waals surface area contributed by atoms with Crippen LogP contribution in [0.2, 0.25) is 0 Å². The number of rotatable bonds is 3. The lowest BCUT2D eigenvalue weighted by Crippen LogP contribution is -2.33. The molecule has 2 aromatic rings. The van der Waals surface area contributed by atoms with Crippen LogP contribution in [0.3, 0.4) is 0 Å². The van der Waals surface area contributed by atoms with E-state index >= 15 is 0 Å². The lowest BCUT2D eigenvalue weighted by Gasteiger charge is -2.18. The van der Waals surface area contributed by atoms with Gasteiger partial charge in [-0.25, -0.2) is 9.48 Å². The van der Waals surface area contributed by atoms with E-state index in [1.807, 2.05) is 6.07 Å². The van der Waals surface area contributed by atoms with Crippen LogP contribution in [0.4, 0.5) is 10.6 Å². The molecule has 134 valence electrons. The molecule has 3 heterocycles. The first kappa shape index (κ1) is 16.1. The van der Waals surface area contributed by atoms with Crippen LogP contribution in [0.15, 0.2) is 23.0 Å². The van der Waals surface area contributed by atoms with Gasteiger partial charge in [0, 0.05) is 24.2 Å². The maximum atomic E-state index is 12.5. The molecule has 2 amide bonds. The van der Waals surface area contributed by atoms with Crippen molar-refractivity contribution < 1.29 is 14.4 Å². The number of carbonyl (C=O) groups excluding carboxylic acids is 1. The fourth-order valence-electron chi connectivity index (χ4n) is 3.80. The smallest absolute Gasteiger partial charge is 0.323 e. The molecule has 1 aliphatic heterocycles. The van der Waals surface area contributed by atoms with E-state index in [0.717, 1.165) is 18.6 Å². The molecule has 1 aliphatic carbocycles. The third kappa shape index (κ3) is 2.99. The SMILES string of the molecule is CC1(c2cc(NC(=O)N3C[C@@H](O)[C@H](n4ccnn4)C3)no2)CCCC1. The van der Waals surface area contributed by atoms with Crippen molar-refractivity contribution in [3.8, 4) is 0 Å². The van der Waals surface area contributed by atoms with E-state index in [1.165, 1.54) is 12.8 Å². The Bertz CT molecular complexity index is 737. The normalized spacial score (nSPS) is 25.4. The molecule has 0 spiro atoms. The maximum Gasteiger partial charge on any atom is 0.323 e. The van der Waals surface area contributed by atoms with Gasteiger partial charge in [-0.05, 0) is 12.8 Å². The third-order valence-electron chi connectivity index (χ3n) is 5.37. The summed E-state index contributed by atoms with van der Waals surface area (Å²) >= 11 is 0. The Balaban J connectivity index is 1.40. The molecule has 1 saturated carbocycles. The number of likely N-dealkylation sites (tertiary alicyclic amines) is 1. The zero-order chi connectivity index (χ0) is 17.4. The Labute approximate surface area is 145 Å². The molecule has 2 atom stereocenters. The van der Waals surface area contributed by atoms with Gasteiger partial charge in [0.25, 0.3) is 0 Å². The average Bonchev–Trinajstić information content (AvgIpc) is 3.33. The van der Waals surface area contributed by atoms with Crippen LogP contribution in [0.1, 0.15) is 44.4 Å². The van der Waals surface area contributed by atoms with E-state index in [1.54, 1.807) is 22.0 Å². The van der Waals surface area contributed by atoms with Crippen LogP contribution in [-0.4, -0.2) is 55.4 Å². The topological polar surface area (TPSA) is 109 Å². The van der Waals surface area contributed by atoms with Gasteiger partial charge in [0.05, 0.1) is 24.9 Å². The molecule has 0 radical (unpaired) electrons. The maximum absolute atomic E-state index is 12.5. The number of aliphatic hydroxyl groups is 1. The summed E-state index contributed by atoms with van der Waals surface area (Å²) < 4.78 is 7.04. The van der Waals surface area contributed by atoms with E-state index in [4.69, 9.17) is 4.52 Å². The van der Waals surface area contributed by atoms with E-state index < -0.39 is 6.10 Å². The number of urea groups is 1. The van der Waals surface area contributed by atoms with Crippen LogP contribution in [-0.2, 0) is 5.41 Å². The van der Waals surface area contributed by atoms with Gasteiger partial charge in [-0.3, -0.25) is 5.32 Å². The van der Waals surface area contributed by atoms with Crippen molar-refractivity contribution in [2.75, 3.05) is 18.4 Å². The lowest BCUT2D eigenvalue weighted by atomic mass is 9.86. The lowest BCUT2D eigenvalue weighted by molar-refractivity contribution is 0.139. The second-order valence-corrected chi connectivity index (χ2v) is 7.20. The van der Waals surface area contributed by atoms with E-state index in [2.05, 4.69) is 27.7 Å². The quantitative estimate of drug-likeness (QED) is 0.872. The van der Waals surface area contributed by atoms with Crippen molar-refractivity contribution in [1.82, 2.24) is 25.1 Å². The molecule has 9 nitrogen and oxygen atoms in total. The van der Waals surface area contributed by atoms with Crippen LogP contribution < -0.4 is 5.32 Å². The molecular weight excluding hydrogens is 324 g/mol. The minimum atomic E-state index is -0.683. The highest BCUT2D eigenvalue weighted by Crippen LogP contribution is 2.41. The van der Waals surface area contributed by atoms with Crippen LogP contribution >= 0.6 is 0 Å². The average molecular weight is 346 g/mol. The van der Waals surface area contributed by atoms with Gasteiger partial charge >= 0.3 is 6.03 Å². The van der Waals surface area contributed by atoms with Gasteiger partial charge < -0.3 is 14.5 Å². The molecule has 1 saturated heterocycles. The molecule has 2 fully saturated rings. The summed E-state index contributed by atoms with van der Waals surface area (Å²) in [5.74, 6) is 1.23. The Hall–Kier alpha value is -2.42. The summed E-state index contributed by atoms with van der Waals surface area (Å²) in [6.45, 7) is 2.77. The standard InChI is InChI=1S/C16H22N6O3/c1-16(4-2-3-5-16)13-8-14(19-25-13)18-15(24)21-9-11(12(23)10-21)22-7-6-17-20-22/h6-8,11-12,23H,2-5,9-10H2,1H3,(H,18,19,24)/t11-,12-/m1/s1. The Morgan fingerprint density at radius 1 is 1.40 bits per heavy atom. The minimum Gasteiger partial charge on any atom is -0.389 e. The predicted molar refractivity (Wildman–Crippen MR) is 88.0 cm³/mol. The highest BCUT2D eigenvalue weighted by Gasteiger charge is 2.37. The second-order valence-electron chi connectivity index (χ2n) is 7.20. The number of hydrogen-bond donors (Lipinski definition) is 2. The fraction of sp³-hybridized carbons (Fsp3) is 0.625. The number of β-amino-alcohol motifs (C(OH)–C–C–N with tert-alkyl or cyclic N) is 1. The number of nitrogens with one attached hydrogen (secondary N) is 1. The largest absolute Gasteiger partial charge is 0.389 e. The summed E-state index contributed by atoms with van der Waals surface area (Å²) in [6, 6.07) is 1.21. The molecule has 4 rings (SSSR count). The van der Waals surface area contributed by atoms with Gasteiger partial charge in [-0.1, -0.05) is 30.1 Å². The van der Waals surface area contributed by atoms with Crippen molar-refractivity contribution >= 4 is 11.8 Å². The molecular formula is C16H22N6O3. The van der Waals surface area contributed by atoms with Gasteiger partial charge in [-0.2, -0.15) is 0 Å². The number of carbonyl (C=O) groups is 1. The molecule has 25 heavy (non-hydrogen) atoms. The molecule has 0 unspecified atom stereocenters. The summed E-state index contributed by atoms with van der Waals surface area (Å²) in [6.07, 6.45) is 7.08. The Morgan fingerprint density at radius 3 is 2.92 bits per heavy atom. The van der Waals surface area contributed by atoms with Gasteiger partial charge in [0.2, 0.25) is 0 Å². The number of aliphatic hydroxyl groups excluding tert-OH is 1. The van der Waals surface area contributed by atoms with Gasteiger partial charge in [-0.15, -0.1) is 5.10 Å². The van der Waals surface area contributed by atoms with E-state index in [0.29, 0.717) is 12.4 Å². The van der Waals surface area contributed by atoms with Crippen molar-refractivity contribution in [1.29, 1.82) is 0 Å². The zero-order valence-electron chi connectivity index (χ0n) is 14.1. The van der Waals surface area contributed by atoms with Crippen molar-refractivity contribution in [2.45, 2.75) is 50.2 Å². The third-order valence-corrected chi connectivity index (χ3v) is 5.37. The summed E-state index contributed by atoms with van der Waals surface area (Å²) in [7, 11) is 0. The number of aromatic nitrogens is 4. The minimum absolute atomic E-state index is 0.0119. The fourth-order valence-corrected chi connectivity index (χ4v) is 3.80. The van der Waals surface area contributed by atoms with Crippen LogP contribution in [0.5, 0.6) is 0 Å². The Kier molecular flexibility index (Phi) is 3.95. The van der Waals surface area contributed by atoms with Crippen molar-refractivity contribution in [3.63, 3.8) is 0 Å². The first-order valence-corrected chi connectivity index (χ1v) is 8.62. The van der Waals surface area contributed by atoms with Crippen molar-refractivity contribution in [2.24, 2.45) is 0 Å². The molecule has 2 N–H and O–H groups in total. The number of anilines is 1. The van der Waals surface area contributed by atoms with Gasteiger partial charge in [0.1, 0.15) is 5.76 Å². The predicted octanol–water partition coefficient (Wildman–Crippen LogP) is 1.55. The Morgan fingerprint density at radius 2 is 2.20 bits per heavy atom.